The summed E-state index contributed by atoms with van der Waals surface area (Å²) in [5.74, 6) is 0. The summed E-state index contributed by atoms with van der Waals surface area (Å²) in [4.78, 5) is 2.24. The van der Waals surface area contributed by atoms with Crippen LogP contribution in [0.25, 0.3) is 0 Å². The van der Waals surface area contributed by atoms with E-state index in [4.69, 9.17) is 11.6 Å². The molecule has 2 nitrogen and oxygen atoms in total. The number of halogens is 6. The molecule has 24 heavy (non-hydrogen) atoms. The first-order valence-corrected chi connectivity index (χ1v) is 8.12. The Bertz CT molecular complexity index is 492. The number of nitrogens with zero attached hydrogens (tertiary/aromatic N) is 1. The first-order chi connectivity index (χ1) is 10.4. The number of piperazine rings is 1. The highest BCUT2D eigenvalue weighted by Crippen LogP contribution is 2.37. The fourth-order valence-corrected chi connectivity index (χ4v) is 3.14. The minimum Gasteiger partial charge on any atom is -0.314 e. The largest absolute Gasteiger partial charge is 0.416 e. The Labute approximate surface area is 158 Å². The van der Waals surface area contributed by atoms with Gasteiger partial charge in [-0.05, 0) is 30.2 Å². The molecule has 2 rings (SSSR count). The van der Waals surface area contributed by atoms with Gasteiger partial charge in [0.05, 0.1) is 5.56 Å². The summed E-state index contributed by atoms with van der Waals surface area (Å²) in [7, 11) is 0. The second-order valence-corrected chi connectivity index (χ2v) is 6.09. The van der Waals surface area contributed by atoms with E-state index in [1.807, 2.05) is 0 Å². The van der Waals surface area contributed by atoms with Crippen LogP contribution < -0.4 is 5.32 Å². The zero-order chi connectivity index (χ0) is 16.2. The number of unbranched alkanes of at least 4 members (excludes halogenated alkanes) is 1. The molecule has 0 spiro atoms. The van der Waals surface area contributed by atoms with Gasteiger partial charge < -0.3 is 5.32 Å². The van der Waals surface area contributed by atoms with Crippen molar-refractivity contribution in [3.05, 3.63) is 34.3 Å². The molecule has 1 aliphatic heterocycles. The predicted molar refractivity (Wildman–Crippen MR) is 97.7 cm³/mol. The molecule has 1 atom stereocenters. The summed E-state index contributed by atoms with van der Waals surface area (Å²) in [6.07, 6.45) is -1.52. The van der Waals surface area contributed by atoms with E-state index in [1.54, 1.807) is 0 Å². The highest BCUT2D eigenvalue weighted by atomic mass is 35.5. The van der Waals surface area contributed by atoms with Crippen LogP contribution >= 0.6 is 36.4 Å². The number of hydrogen-bond acceptors (Lipinski definition) is 2. The van der Waals surface area contributed by atoms with Gasteiger partial charge in [-0.25, -0.2) is 0 Å². The lowest BCUT2D eigenvalue weighted by atomic mass is 9.96. The van der Waals surface area contributed by atoms with Crippen LogP contribution in [0, 0.1) is 0 Å². The fourth-order valence-electron chi connectivity index (χ4n) is 2.90. The lowest BCUT2D eigenvalue weighted by Gasteiger charge is -2.36. The molecule has 1 aliphatic rings. The van der Waals surface area contributed by atoms with E-state index >= 15 is 0 Å². The monoisotopic (exact) mass is 406 g/mol. The highest BCUT2D eigenvalue weighted by Gasteiger charge is 2.32. The first-order valence-electron chi connectivity index (χ1n) is 7.75. The summed E-state index contributed by atoms with van der Waals surface area (Å²) in [6.45, 7) is 5.48. The Balaban J connectivity index is 0.00000264. The maximum atomic E-state index is 13.0. The molecule has 140 valence electrons. The third kappa shape index (κ3) is 6.26. The quantitative estimate of drug-likeness (QED) is 0.709. The average Bonchev–Trinajstić information content (AvgIpc) is 2.49. The van der Waals surface area contributed by atoms with Crippen molar-refractivity contribution in [2.24, 2.45) is 0 Å². The van der Waals surface area contributed by atoms with Crippen LogP contribution in [0.1, 0.15) is 43.4 Å². The number of hydrogen-bond donors (Lipinski definition) is 1. The maximum absolute atomic E-state index is 13.0. The average molecular weight is 408 g/mol. The summed E-state index contributed by atoms with van der Waals surface area (Å²) in [5, 5.41) is 3.70. The number of rotatable bonds is 5. The van der Waals surface area contributed by atoms with Crippen molar-refractivity contribution in [3.63, 3.8) is 0 Å². The SMILES string of the molecule is CCCC[C@H](c1cc(C(F)(F)F)ccc1Cl)N1CCNCC1.Cl.Cl. The molecule has 1 aromatic carbocycles. The predicted octanol–water partition coefficient (Wildman–Crippen LogP) is 5.34. The van der Waals surface area contributed by atoms with Gasteiger partial charge in [-0.1, -0.05) is 31.4 Å². The number of benzene rings is 1. The second kappa shape index (κ2) is 10.7. The van der Waals surface area contributed by atoms with Gasteiger partial charge in [0.15, 0.2) is 0 Å². The van der Waals surface area contributed by atoms with E-state index in [2.05, 4.69) is 17.1 Å². The van der Waals surface area contributed by atoms with E-state index in [0.29, 0.717) is 10.6 Å². The van der Waals surface area contributed by atoms with Crippen LogP contribution in [0.2, 0.25) is 5.02 Å². The normalized spacial score (nSPS) is 16.9. The van der Waals surface area contributed by atoms with Crippen LogP contribution in [0.4, 0.5) is 13.2 Å². The zero-order valence-corrected chi connectivity index (χ0v) is 15.9. The number of nitrogens with one attached hydrogen (secondary N) is 1. The topological polar surface area (TPSA) is 15.3 Å². The van der Waals surface area contributed by atoms with E-state index in [9.17, 15) is 13.2 Å². The van der Waals surface area contributed by atoms with Crippen molar-refractivity contribution < 1.29 is 13.2 Å². The lowest BCUT2D eigenvalue weighted by Crippen LogP contribution is -2.45. The highest BCUT2D eigenvalue weighted by molar-refractivity contribution is 6.31. The van der Waals surface area contributed by atoms with Crippen molar-refractivity contribution in [2.45, 2.75) is 38.4 Å². The molecule has 0 unspecified atom stereocenters. The van der Waals surface area contributed by atoms with Crippen molar-refractivity contribution in [3.8, 4) is 0 Å². The van der Waals surface area contributed by atoms with E-state index in [1.165, 1.54) is 12.1 Å². The molecule has 1 fully saturated rings. The molecule has 1 heterocycles. The fraction of sp³-hybridized carbons (Fsp3) is 0.625. The summed E-state index contributed by atoms with van der Waals surface area (Å²) >= 11 is 6.23. The van der Waals surface area contributed by atoms with E-state index in [0.717, 1.165) is 51.5 Å². The molecule has 1 saturated heterocycles. The third-order valence-corrected chi connectivity index (χ3v) is 4.45. The molecular weight excluding hydrogens is 384 g/mol. The summed E-state index contributed by atoms with van der Waals surface area (Å²) in [6, 6.07) is 3.61. The van der Waals surface area contributed by atoms with Gasteiger partial charge in [0.25, 0.3) is 0 Å². The van der Waals surface area contributed by atoms with Crippen molar-refractivity contribution in [1.82, 2.24) is 10.2 Å². The zero-order valence-electron chi connectivity index (χ0n) is 13.5. The minimum atomic E-state index is -4.34. The van der Waals surface area contributed by atoms with E-state index in [-0.39, 0.29) is 30.9 Å². The van der Waals surface area contributed by atoms with Crippen molar-refractivity contribution in [2.75, 3.05) is 26.2 Å². The smallest absolute Gasteiger partial charge is 0.314 e. The van der Waals surface area contributed by atoms with Crippen molar-refractivity contribution in [1.29, 1.82) is 0 Å². The van der Waals surface area contributed by atoms with Gasteiger partial charge in [-0.3, -0.25) is 4.90 Å². The maximum Gasteiger partial charge on any atom is 0.416 e. The van der Waals surface area contributed by atoms with Gasteiger partial charge in [0.2, 0.25) is 0 Å². The first kappa shape index (κ1) is 23.8. The lowest BCUT2D eigenvalue weighted by molar-refractivity contribution is -0.137. The van der Waals surface area contributed by atoms with E-state index < -0.39 is 11.7 Å². The minimum absolute atomic E-state index is 0. The number of alkyl halides is 3. The second-order valence-electron chi connectivity index (χ2n) is 5.68. The summed E-state index contributed by atoms with van der Waals surface area (Å²) in [5.41, 5.74) is -0.0182. The molecule has 0 radical (unpaired) electrons. The molecule has 8 heteroatoms. The van der Waals surface area contributed by atoms with Crippen molar-refractivity contribution >= 4 is 36.4 Å². The molecule has 0 bridgehead atoms. The molecular formula is C16H24Cl3F3N2. The molecule has 1 N–H and O–H groups in total. The van der Waals surface area contributed by atoms with Gasteiger partial charge in [-0.15, -0.1) is 24.8 Å². The molecule has 0 amide bonds. The standard InChI is InChI=1S/C16H22ClF3N2.2ClH/c1-2-3-4-15(22-9-7-21-8-10-22)13-11-12(16(18,19)20)5-6-14(13)17;;/h5-6,11,15,21H,2-4,7-10H2,1H3;2*1H/t15-;;/m1../s1. The van der Waals surface area contributed by atoms with Gasteiger partial charge in [0, 0.05) is 37.2 Å². The summed E-state index contributed by atoms with van der Waals surface area (Å²) < 4.78 is 39.0. The van der Waals surface area contributed by atoms with Crippen LogP contribution in [0.5, 0.6) is 0 Å². The molecule has 0 saturated carbocycles. The van der Waals surface area contributed by atoms with Crippen LogP contribution in [0.3, 0.4) is 0 Å². The Morgan fingerprint density at radius 1 is 1.21 bits per heavy atom. The molecule has 1 aromatic rings. The Morgan fingerprint density at radius 2 is 1.83 bits per heavy atom. The Morgan fingerprint density at radius 3 is 2.38 bits per heavy atom. The van der Waals surface area contributed by atoms with Gasteiger partial charge in [-0.2, -0.15) is 13.2 Å². The van der Waals surface area contributed by atoms with Gasteiger partial charge >= 0.3 is 6.18 Å². The van der Waals surface area contributed by atoms with Crippen LogP contribution in [0.15, 0.2) is 18.2 Å². The van der Waals surface area contributed by atoms with Gasteiger partial charge in [0.1, 0.15) is 0 Å². The Hall–Kier alpha value is -0.200. The third-order valence-electron chi connectivity index (χ3n) is 4.11. The van der Waals surface area contributed by atoms with Crippen LogP contribution in [-0.2, 0) is 6.18 Å². The molecule has 0 aromatic heterocycles. The van der Waals surface area contributed by atoms with Crippen LogP contribution in [-0.4, -0.2) is 31.1 Å². The molecule has 0 aliphatic carbocycles. The Kier molecular flexibility index (Phi) is 10.6.